The van der Waals surface area contributed by atoms with Gasteiger partial charge in [0.2, 0.25) is 5.88 Å². The molecule has 2 aliphatic rings. The topological polar surface area (TPSA) is 45.7 Å². The summed E-state index contributed by atoms with van der Waals surface area (Å²) in [4.78, 5) is 18.6. The van der Waals surface area contributed by atoms with E-state index in [4.69, 9.17) is 4.74 Å². The van der Waals surface area contributed by atoms with Gasteiger partial charge in [0.05, 0.1) is 12.2 Å². The van der Waals surface area contributed by atoms with Crippen LogP contribution in [0.1, 0.15) is 30.1 Å². The Hall–Kier alpha value is -1.27. The second kappa shape index (κ2) is 5.61. The number of piperazine rings is 1. The van der Waals surface area contributed by atoms with Crippen LogP contribution < -0.4 is 4.74 Å². The maximum atomic E-state index is 12.5. The fourth-order valence-corrected chi connectivity index (χ4v) is 3.24. The molecule has 3 heterocycles. The predicted molar refractivity (Wildman–Crippen MR) is 78.9 cm³/mol. The van der Waals surface area contributed by atoms with Crippen LogP contribution in [0.15, 0.2) is 18.3 Å². The Morgan fingerprint density at radius 1 is 1.45 bits per heavy atom. The smallest absolute Gasteiger partial charge is 0.256 e. The molecule has 1 amide bonds. The van der Waals surface area contributed by atoms with Crippen molar-refractivity contribution >= 4 is 18.7 Å². The summed E-state index contributed by atoms with van der Waals surface area (Å²) in [6.07, 6.45) is 3.65. The molecule has 6 heteroatoms. The van der Waals surface area contributed by atoms with Crippen LogP contribution >= 0.6 is 12.8 Å². The van der Waals surface area contributed by atoms with E-state index in [0.29, 0.717) is 30.1 Å². The summed E-state index contributed by atoms with van der Waals surface area (Å²) in [6.45, 7) is 4.38. The highest BCUT2D eigenvalue weighted by Gasteiger charge is 2.46. The van der Waals surface area contributed by atoms with Crippen molar-refractivity contribution in [1.29, 1.82) is 0 Å². The van der Waals surface area contributed by atoms with Crippen molar-refractivity contribution in [2.75, 3.05) is 19.7 Å². The second-order valence-electron chi connectivity index (χ2n) is 5.36. The number of carbonyl (C=O) groups excluding carboxylic acids is 1. The number of amides is 1. The summed E-state index contributed by atoms with van der Waals surface area (Å²) in [5, 5.41) is 0. The van der Waals surface area contributed by atoms with Crippen molar-refractivity contribution in [1.82, 2.24) is 14.2 Å². The minimum absolute atomic E-state index is 0.0715. The second-order valence-corrected chi connectivity index (χ2v) is 5.93. The van der Waals surface area contributed by atoms with E-state index in [-0.39, 0.29) is 5.91 Å². The molecule has 0 saturated carbocycles. The molecule has 3 rings (SSSR count). The van der Waals surface area contributed by atoms with Crippen molar-refractivity contribution in [2.45, 2.75) is 31.8 Å². The van der Waals surface area contributed by atoms with Gasteiger partial charge in [-0.25, -0.2) is 9.29 Å². The lowest BCUT2D eigenvalue weighted by Gasteiger charge is -2.55. The van der Waals surface area contributed by atoms with Crippen molar-refractivity contribution < 1.29 is 9.53 Å². The molecular weight excluding hydrogens is 274 g/mol. The van der Waals surface area contributed by atoms with E-state index in [1.54, 1.807) is 18.3 Å². The number of aromatic nitrogens is 1. The Balaban J connectivity index is 1.66. The number of pyridine rings is 1. The molecule has 0 aliphatic carbocycles. The molecule has 20 heavy (non-hydrogen) atoms. The monoisotopic (exact) mass is 293 g/mol. The van der Waals surface area contributed by atoms with Crippen molar-refractivity contribution in [3.63, 3.8) is 0 Å². The standard InChI is InChI=1S/C14H19N3O2S/c1-2-5-19-13-4-3-10(7-15-13)14(18)17-11-6-12(17)9-16(20)8-11/h3-4,7,11-12,20H,2,5-6,8-9H2,1H3. The zero-order valence-corrected chi connectivity index (χ0v) is 12.4. The predicted octanol–water partition coefficient (Wildman–Crippen LogP) is 1.61. The molecule has 2 unspecified atom stereocenters. The Morgan fingerprint density at radius 3 is 2.80 bits per heavy atom. The van der Waals surface area contributed by atoms with Crippen LogP contribution in [-0.4, -0.2) is 51.9 Å². The Morgan fingerprint density at radius 2 is 2.20 bits per heavy atom. The molecule has 0 N–H and O–H groups in total. The first-order chi connectivity index (χ1) is 9.69. The van der Waals surface area contributed by atoms with Gasteiger partial charge in [-0.2, -0.15) is 0 Å². The third-order valence-electron chi connectivity index (χ3n) is 3.85. The van der Waals surface area contributed by atoms with Crippen LogP contribution in [0.4, 0.5) is 0 Å². The highest BCUT2D eigenvalue weighted by Crippen LogP contribution is 2.34. The lowest BCUT2D eigenvalue weighted by Crippen LogP contribution is -2.68. The van der Waals surface area contributed by atoms with E-state index in [0.717, 1.165) is 25.9 Å². The number of nitrogens with zero attached hydrogens (tertiary/aromatic N) is 3. The van der Waals surface area contributed by atoms with Crippen molar-refractivity contribution in [3.8, 4) is 5.88 Å². The third kappa shape index (κ3) is 2.50. The van der Waals surface area contributed by atoms with Crippen LogP contribution in [0.25, 0.3) is 0 Å². The van der Waals surface area contributed by atoms with Gasteiger partial charge in [-0.1, -0.05) is 19.7 Å². The van der Waals surface area contributed by atoms with Crippen LogP contribution in [0.3, 0.4) is 0 Å². The number of likely N-dealkylation sites (tertiary alicyclic amines) is 1. The first-order valence-electron chi connectivity index (χ1n) is 7.04. The Bertz CT molecular complexity index is 482. The molecule has 0 radical (unpaired) electrons. The maximum absolute atomic E-state index is 12.5. The lowest BCUT2D eigenvalue weighted by atomic mass is 9.88. The van der Waals surface area contributed by atoms with E-state index in [1.807, 2.05) is 16.1 Å². The summed E-state index contributed by atoms with van der Waals surface area (Å²) in [6, 6.07) is 4.17. The number of thiol groups is 1. The molecular formula is C14H19N3O2S. The zero-order valence-electron chi connectivity index (χ0n) is 11.5. The average molecular weight is 293 g/mol. The zero-order chi connectivity index (χ0) is 14.1. The molecule has 0 spiro atoms. The number of carbonyl (C=O) groups is 1. The van der Waals surface area contributed by atoms with E-state index in [1.165, 1.54) is 0 Å². The van der Waals surface area contributed by atoms with Gasteiger partial charge >= 0.3 is 0 Å². The third-order valence-corrected chi connectivity index (χ3v) is 4.17. The molecule has 2 bridgehead atoms. The molecule has 2 aliphatic heterocycles. The fourth-order valence-electron chi connectivity index (χ4n) is 2.87. The van der Waals surface area contributed by atoms with E-state index in [9.17, 15) is 4.79 Å². The van der Waals surface area contributed by atoms with Gasteiger partial charge in [0.1, 0.15) is 0 Å². The molecule has 108 valence electrons. The SMILES string of the molecule is CCCOc1ccc(C(=O)N2C3CC2CN(S)C3)cn1. The molecule has 1 aromatic rings. The molecule has 2 saturated heterocycles. The highest BCUT2D eigenvalue weighted by atomic mass is 32.1. The van der Waals surface area contributed by atoms with Gasteiger partial charge in [0, 0.05) is 37.4 Å². The number of rotatable bonds is 4. The Kier molecular flexibility index (Phi) is 3.85. The van der Waals surface area contributed by atoms with Gasteiger partial charge < -0.3 is 9.64 Å². The minimum atomic E-state index is 0.0715. The molecule has 5 nitrogen and oxygen atoms in total. The van der Waals surface area contributed by atoms with E-state index < -0.39 is 0 Å². The van der Waals surface area contributed by atoms with Gasteiger partial charge in [0.25, 0.3) is 5.91 Å². The maximum Gasteiger partial charge on any atom is 0.256 e. The van der Waals surface area contributed by atoms with Crippen molar-refractivity contribution in [2.24, 2.45) is 0 Å². The van der Waals surface area contributed by atoms with Crippen LogP contribution in [0.2, 0.25) is 0 Å². The summed E-state index contributed by atoms with van der Waals surface area (Å²) in [7, 11) is 0. The molecule has 1 aromatic heterocycles. The quantitative estimate of drug-likeness (QED) is 0.857. The summed E-state index contributed by atoms with van der Waals surface area (Å²) < 4.78 is 7.42. The first kappa shape index (κ1) is 13.7. The molecule has 2 atom stereocenters. The van der Waals surface area contributed by atoms with Gasteiger partial charge in [-0.05, 0) is 18.9 Å². The van der Waals surface area contributed by atoms with Crippen LogP contribution in [0, 0.1) is 0 Å². The van der Waals surface area contributed by atoms with E-state index >= 15 is 0 Å². The molecule has 2 fully saturated rings. The largest absolute Gasteiger partial charge is 0.478 e. The number of hydrogen-bond donors (Lipinski definition) is 1. The fraction of sp³-hybridized carbons (Fsp3) is 0.571. The summed E-state index contributed by atoms with van der Waals surface area (Å²) >= 11 is 4.36. The number of hydrogen-bond acceptors (Lipinski definition) is 5. The van der Waals surface area contributed by atoms with E-state index in [2.05, 4.69) is 17.8 Å². The average Bonchev–Trinajstić information content (AvgIpc) is 2.45. The minimum Gasteiger partial charge on any atom is -0.478 e. The summed E-state index contributed by atoms with van der Waals surface area (Å²) in [5.74, 6) is 0.649. The van der Waals surface area contributed by atoms with Gasteiger partial charge in [-0.3, -0.25) is 4.79 Å². The number of piperidine rings is 1. The first-order valence-corrected chi connectivity index (χ1v) is 7.44. The van der Waals surface area contributed by atoms with Crippen molar-refractivity contribution in [3.05, 3.63) is 23.9 Å². The summed E-state index contributed by atoms with van der Waals surface area (Å²) in [5.41, 5.74) is 0.635. The Labute approximate surface area is 124 Å². The number of fused-ring (bicyclic) bond motifs is 2. The normalized spacial score (nSPS) is 25.2. The van der Waals surface area contributed by atoms with Crippen LogP contribution in [0.5, 0.6) is 5.88 Å². The lowest BCUT2D eigenvalue weighted by molar-refractivity contribution is -0.0218. The van der Waals surface area contributed by atoms with Crippen LogP contribution in [-0.2, 0) is 0 Å². The number of ether oxygens (including phenoxy) is 1. The van der Waals surface area contributed by atoms with Gasteiger partial charge in [0.15, 0.2) is 0 Å². The highest BCUT2D eigenvalue weighted by molar-refractivity contribution is 7.77. The molecule has 0 aromatic carbocycles. The van der Waals surface area contributed by atoms with Gasteiger partial charge in [-0.15, -0.1) is 0 Å².